The number of carbonyl (C=O) groups excluding carboxylic acids is 1. The quantitative estimate of drug-likeness (QED) is 0.892. The second-order valence-corrected chi connectivity index (χ2v) is 6.23. The van der Waals surface area contributed by atoms with Crippen LogP contribution >= 0.6 is 0 Å². The summed E-state index contributed by atoms with van der Waals surface area (Å²) in [6.07, 6.45) is 3.72. The molecule has 114 valence electrons. The van der Waals surface area contributed by atoms with Crippen LogP contribution in [0.5, 0.6) is 11.5 Å². The van der Waals surface area contributed by atoms with Crippen molar-refractivity contribution in [3.63, 3.8) is 0 Å². The molecule has 1 aromatic carbocycles. The summed E-state index contributed by atoms with van der Waals surface area (Å²) >= 11 is 0. The van der Waals surface area contributed by atoms with Gasteiger partial charge in [-0.3, -0.25) is 4.79 Å². The molecular formula is C16H22N2O3. The molecule has 2 unspecified atom stereocenters. The van der Waals surface area contributed by atoms with Crippen molar-refractivity contribution in [2.75, 3.05) is 6.79 Å². The van der Waals surface area contributed by atoms with Crippen molar-refractivity contribution in [2.45, 2.75) is 44.7 Å². The van der Waals surface area contributed by atoms with Gasteiger partial charge in [-0.05, 0) is 36.5 Å². The van der Waals surface area contributed by atoms with E-state index in [1.807, 2.05) is 18.2 Å². The average molecular weight is 290 g/mol. The Morgan fingerprint density at radius 3 is 3.05 bits per heavy atom. The Kier molecular flexibility index (Phi) is 3.76. The summed E-state index contributed by atoms with van der Waals surface area (Å²) < 4.78 is 10.6. The lowest BCUT2D eigenvalue weighted by Gasteiger charge is -2.35. The highest BCUT2D eigenvalue weighted by Crippen LogP contribution is 2.33. The molecule has 1 heterocycles. The zero-order valence-electron chi connectivity index (χ0n) is 12.4. The third-order valence-electron chi connectivity index (χ3n) is 4.37. The summed E-state index contributed by atoms with van der Waals surface area (Å²) in [6.45, 7) is 2.88. The number of hydrogen-bond donors (Lipinski definition) is 2. The Hall–Kier alpha value is -1.75. The van der Waals surface area contributed by atoms with Crippen LogP contribution in [0.15, 0.2) is 18.2 Å². The van der Waals surface area contributed by atoms with E-state index in [1.165, 1.54) is 0 Å². The van der Waals surface area contributed by atoms with Crippen LogP contribution in [0.4, 0.5) is 0 Å². The van der Waals surface area contributed by atoms with Crippen molar-refractivity contribution in [1.82, 2.24) is 5.32 Å². The van der Waals surface area contributed by atoms with E-state index < -0.39 is 5.54 Å². The standard InChI is InChI=1S/C16H22N2O3/c1-11-3-2-6-16(17,8-11)15(19)18-9-12-4-5-13-14(7-12)21-10-20-13/h4-5,7,11H,2-3,6,8-10,17H2,1H3,(H,18,19). The third-order valence-corrected chi connectivity index (χ3v) is 4.37. The summed E-state index contributed by atoms with van der Waals surface area (Å²) in [4.78, 5) is 12.4. The number of fused-ring (bicyclic) bond motifs is 1. The Morgan fingerprint density at radius 2 is 2.24 bits per heavy atom. The Labute approximate surface area is 124 Å². The first-order chi connectivity index (χ1) is 10.1. The molecule has 3 N–H and O–H groups in total. The van der Waals surface area contributed by atoms with E-state index in [1.54, 1.807) is 0 Å². The molecular weight excluding hydrogens is 268 g/mol. The molecule has 0 saturated heterocycles. The minimum Gasteiger partial charge on any atom is -0.454 e. The van der Waals surface area contributed by atoms with Gasteiger partial charge in [-0.1, -0.05) is 25.8 Å². The summed E-state index contributed by atoms with van der Waals surface area (Å²) in [7, 11) is 0. The van der Waals surface area contributed by atoms with Gasteiger partial charge in [0.1, 0.15) is 0 Å². The number of rotatable bonds is 3. The minimum atomic E-state index is -0.714. The third kappa shape index (κ3) is 2.97. The number of carbonyl (C=O) groups is 1. The summed E-state index contributed by atoms with van der Waals surface area (Å²) in [5.74, 6) is 1.95. The molecule has 2 aliphatic rings. The van der Waals surface area contributed by atoms with E-state index in [4.69, 9.17) is 15.2 Å². The number of nitrogens with two attached hydrogens (primary N) is 1. The van der Waals surface area contributed by atoms with Crippen molar-refractivity contribution < 1.29 is 14.3 Å². The first-order valence-corrected chi connectivity index (χ1v) is 7.52. The van der Waals surface area contributed by atoms with Gasteiger partial charge in [0.25, 0.3) is 0 Å². The second-order valence-electron chi connectivity index (χ2n) is 6.23. The molecule has 0 aromatic heterocycles. The molecule has 1 fully saturated rings. The van der Waals surface area contributed by atoms with Crippen LogP contribution in [0.3, 0.4) is 0 Å². The van der Waals surface area contributed by atoms with Gasteiger partial charge in [-0.15, -0.1) is 0 Å². The normalized spacial score (nSPS) is 27.4. The molecule has 21 heavy (non-hydrogen) atoms. The SMILES string of the molecule is CC1CCCC(N)(C(=O)NCc2ccc3c(c2)OCO3)C1. The molecule has 0 spiro atoms. The van der Waals surface area contributed by atoms with Crippen LogP contribution in [-0.2, 0) is 11.3 Å². The monoisotopic (exact) mass is 290 g/mol. The van der Waals surface area contributed by atoms with Crippen molar-refractivity contribution >= 4 is 5.91 Å². The highest BCUT2D eigenvalue weighted by atomic mass is 16.7. The second kappa shape index (κ2) is 5.56. The van der Waals surface area contributed by atoms with Crippen molar-refractivity contribution in [2.24, 2.45) is 11.7 Å². The van der Waals surface area contributed by atoms with E-state index >= 15 is 0 Å². The topological polar surface area (TPSA) is 73.6 Å². The molecule has 5 heteroatoms. The van der Waals surface area contributed by atoms with Crippen molar-refractivity contribution in [1.29, 1.82) is 0 Å². The number of amides is 1. The average Bonchev–Trinajstić information content (AvgIpc) is 2.92. The zero-order chi connectivity index (χ0) is 14.9. The molecule has 1 aliphatic carbocycles. The van der Waals surface area contributed by atoms with Crippen LogP contribution in [0.25, 0.3) is 0 Å². The smallest absolute Gasteiger partial charge is 0.240 e. The van der Waals surface area contributed by atoms with Gasteiger partial charge in [0.15, 0.2) is 11.5 Å². The molecule has 1 amide bonds. The van der Waals surface area contributed by atoms with E-state index in [0.29, 0.717) is 12.5 Å². The molecule has 1 saturated carbocycles. The van der Waals surface area contributed by atoms with Crippen molar-refractivity contribution in [3.05, 3.63) is 23.8 Å². The molecule has 1 aromatic rings. The lowest BCUT2D eigenvalue weighted by Crippen LogP contribution is -2.56. The van der Waals surface area contributed by atoms with Crippen LogP contribution in [0.1, 0.15) is 38.2 Å². The number of hydrogen-bond acceptors (Lipinski definition) is 4. The number of benzene rings is 1. The minimum absolute atomic E-state index is 0.0493. The maximum absolute atomic E-state index is 12.4. The molecule has 0 bridgehead atoms. The molecule has 2 atom stereocenters. The van der Waals surface area contributed by atoms with Gasteiger partial charge in [0, 0.05) is 6.54 Å². The first-order valence-electron chi connectivity index (χ1n) is 7.52. The molecule has 5 nitrogen and oxygen atoms in total. The molecule has 1 aliphatic heterocycles. The number of ether oxygens (including phenoxy) is 2. The lowest BCUT2D eigenvalue weighted by atomic mass is 9.76. The Bertz CT molecular complexity index is 546. The fourth-order valence-corrected chi connectivity index (χ4v) is 3.21. The largest absolute Gasteiger partial charge is 0.454 e. The van der Waals surface area contributed by atoms with E-state index in [0.717, 1.165) is 42.7 Å². The van der Waals surface area contributed by atoms with E-state index in [9.17, 15) is 4.79 Å². The van der Waals surface area contributed by atoms with Crippen molar-refractivity contribution in [3.8, 4) is 11.5 Å². The summed E-state index contributed by atoms with van der Waals surface area (Å²) in [6, 6.07) is 5.69. The maximum Gasteiger partial charge on any atom is 0.240 e. The van der Waals surface area contributed by atoms with Crippen LogP contribution in [-0.4, -0.2) is 18.2 Å². The van der Waals surface area contributed by atoms with Gasteiger partial charge < -0.3 is 20.5 Å². The fraction of sp³-hybridized carbons (Fsp3) is 0.562. The zero-order valence-corrected chi connectivity index (χ0v) is 12.4. The van der Waals surface area contributed by atoms with Crippen LogP contribution < -0.4 is 20.5 Å². The van der Waals surface area contributed by atoms with E-state index in [-0.39, 0.29) is 12.7 Å². The summed E-state index contributed by atoms with van der Waals surface area (Å²) in [5, 5.41) is 2.96. The predicted molar refractivity (Wildman–Crippen MR) is 79.0 cm³/mol. The highest BCUT2D eigenvalue weighted by Gasteiger charge is 2.37. The Balaban J connectivity index is 1.60. The lowest BCUT2D eigenvalue weighted by molar-refractivity contribution is -0.128. The van der Waals surface area contributed by atoms with Gasteiger partial charge in [0.2, 0.25) is 12.7 Å². The fourth-order valence-electron chi connectivity index (χ4n) is 3.21. The van der Waals surface area contributed by atoms with Crippen LogP contribution in [0, 0.1) is 5.92 Å². The summed E-state index contributed by atoms with van der Waals surface area (Å²) in [5.41, 5.74) is 6.56. The Morgan fingerprint density at radius 1 is 1.43 bits per heavy atom. The van der Waals surface area contributed by atoms with Gasteiger partial charge >= 0.3 is 0 Å². The van der Waals surface area contributed by atoms with Gasteiger partial charge in [0.05, 0.1) is 5.54 Å². The predicted octanol–water partition coefficient (Wildman–Crippen LogP) is 1.94. The van der Waals surface area contributed by atoms with Crippen LogP contribution in [0.2, 0.25) is 0 Å². The maximum atomic E-state index is 12.4. The number of nitrogens with one attached hydrogen (secondary N) is 1. The first kappa shape index (κ1) is 14.2. The highest BCUT2D eigenvalue weighted by molar-refractivity contribution is 5.86. The van der Waals surface area contributed by atoms with Gasteiger partial charge in [-0.25, -0.2) is 0 Å². The molecule has 0 radical (unpaired) electrons. The van der Waals surface area contributed by atoms with Gasteiger partial charge in [-0.2, -0.15) is 0 Å². The molecule has 3 rings (SSSR count). The van der Waals surface area contributed by atoms with E-state index in [2.05, 4.69) is 12.2 Å².